The van der Waals surface area contributed by atoms with E-state index in [2.05, 4.69) is 5.32 Å². The lowest BCUT2D eigenvalue weighted by Crippen LogP contribution is -2.43. The largest absolute Gasteiger partial charge is 0.457 e. The highest BCUT2D eigenvalue weighted by atomic mass is 35.5. The van der Waals surface area contributed by atoms with Crippen molar-refractivity contribution in [2.24, 2.45) is 0 Å². The number of aryl methyl sites for hydroxylation is 1. The molecule has 1 amide bonds. The molecule has 148 valence electrons. The van der Waals surface area contributed by atoms with E-state index in [0.29, 0.717) is 16.3 Å². The number of para-hydroxylation sites is 1. The Kier molecular flexibility index (Phi) is 4.57. The summed E-state index contributed by atoms with van der Waals surface area (Å²) in [5.74, 6) is 1.31. The van der Waals surface area contributed by atoms with Gasteiger partial charge in [-0.15, -0.1) is 0 Å². The van der Waals surface area contributed by atoms with Crippen LogP contribution in [-0.4, -0.2) is 5.91 Å². The molecule has 1 aromatic heterocycles. The van der Waals surface area contributed by atoms with Gasteiger partial charge in [0.1, 0.15) is 11.5 Å². The average Bonchev–Trinajstić information content (AvgIpc) is 3.25. The minimum atomic E-state index is -0.462. The predicted octanol–water partition coefficient (Wildman–Crippen LogP) is 6.68. The molecule has 0 unspecified atom stereocenters. The summed E-state index contributed by atoms with van der Waals surface area (Å²) in [6.07, 6.45) is -0.462. The highest BCUT2D eigenvalue weighted by Gasteiger charge is 2.35. The van der Waals surface area contributed by atoms with Crippen molar-refractivity contribution >= 4 is 28.9 Å². The van der Waals surface area contributed by atoms with E-state index in [4.69, 9.17) is 16.0 Å². The molecule has 5 rings (SSSR count). The second kappa shape index (κ2) is 7.39. The summed E-state index contributed by atoms with van der Waals surface area (Å²) in [6.45, 7) is 2.03. The maximum atomic E-state index is 13.4. The van der Waals surface area contributed by atoms with Gasteiger partial charge in [0.25, 0.3) is 5.91 Å². The van der Waals surface area contributed by atoms with Crippen LogP contribution in [-0.2, 0) is 0 Å². The zero-order valence-corrected chi connectivity index (χ0v) is 17.1. The molecule has 0 saturated carbocycles. The molecule has 1 aliphatic rings. The molecule has 4 aromatic rings. The van der Waals surface area contributed by atoms with Crippen LogP contribution in [0.1, 0.15) is 27.8 Å². The Morgan fingerprint density at radius 1 is 0.900 bits per heavy atom. The molecule has 0 bridgehead atoms. The topological polar surface area (TPSA) is 45.5 Å². The maximum absolute atomic E-state index is 13.4. The van der Waals surface area contributed by atoms with Gasteiger partial charge in [0.15, 0.2) is 6.17 Å². The van der Waals surface area contributed by atoms with Crippen LogP contribution in [0.4, 0.5) is 11.4 Å². The lowest BCUT2D eigenvalue weighted by Gasteiger charge is -2.36. The smallest absolute Gasteiger partial charge is 0.262 e. The average molecular weight is 415 g/mol. The van der Waals surface area contributed by atoms with E-state index >= 15 is 0 Å². The van der Waals surface area contributed by atoms with E-state index in [9.17, 15) is 4.79 Å². The summed E-state index contributed by atoms with van der Waals surface area (Å²) < 4.78 is 6.19. The number of benzene rings is 3. The van der Waals surface area contributed by atoms with Gasteiger partial charge in [0.2, 0.25) is 0 Å². The van der Waals surface area contributed by atoms with Crippen molar-refractivity contribution in [3.8, 4) is 11.3 Å². The van der Waals surface area contributed by atoms with Crippen LogP contribution in [0, 0.1) is 6.92 Å². The summed E-state index contributed by atoms with van der Waals surface area (Å²) in [7, 11) is 0. The van der Waals surface area contributed by atoms with Gasteiger partial charge in [0.05, 0.1) is 5.56 Å². The number of rotatable bonds is 3. The summed E-state index contributed by atoms with van der Waals surface area (Å²) >= 11 is 6.00. The molecule has 0 aliphatic carbocycles. The van der Waals surface area contributed by atoms with Crippen LogP contribution >= 0.6 is 11.6 Å². The minimum Gasteiger partial charge on any atom is -0.457 e. The van der Waals surface area contributed by atoms with Crippen molar-refractivity contribution in [1.82, 2.24) is 0 Å². The normalized spacial score (nSPS) is 15.6. The number of halogens is 1. The number of hydrogen-bond acceptors (Lipinski definition) is 3. The Hall–Kier alpha value is -3.50. The lowest BCUT2D eigenvalue weighted by atomic mass is 10.1. The molecule has 3 aromatic carbocycles. The Balaban J connectivity index is 1.58. The molecule has 1 aliphatic heterocycles. The van der Waals surface area contributed by atoms with E-state index in [1.807, 2.05) is 91.9 Å². The van der Waals surface area contributed by atoms with E-state index in [1.165, 1.54) is 0 Å². The Labute approximate surface area is 179 Å². The second-order valence-corrected chi connectivity index (χ2v) is 7.75. The standard InChI is InChI=1S/C25H19ClN2O2/c1-16-6-12-19(13-7-16)28-24(27-21-5-3-2-4-20(21)25(28)29)23-15-14-22(30-23)17-8-10-18(26)11-9-17/h2-15,24,27H,1H3/t24-/m1/s1. The molecule has 0 spiro atoms. The molecule has 0 saturated heterocycles. The molecule has 30 heavy (non-hydrogen) atoms. The zero-order valence-electron chi connectivity index (χ0n) is 16.3. The van der Waals surface area contributed by atoms with Crippen LogP contribution in [0.5, 0.6) is 0 Å². The van der Waals surface area contributed by atoms with Crippen LogP contribution < -0.4 is 10.2 Å². The Morgan fingerprint density at radius 2 is 1.63 bits per heavy atom. The number of anilines is 2. The second-order valence-electron chi connectivity index (χ2n) is 7.31. The van der Waals surface area contributed by atoms with E-state index in [-0.39, 0.29) is 5.91 Å². The molecule has 1 atom stereocenters. The summed E-state index contributed by atoms with van der Waals surface area (Å²) in [5.41, 5.74) is 4.30. The number of furan rings is 1. The lowest BCUT2D eigenvalue weighted by molar-refractivity contribution is 0.0972. The van der Waals surface area contributed by atoms with Gasteiger partial charge in [-0.2, -0.15) is 0 Å². The molecule has 4 nitrogen and oxygen atoms in total. The highest BCUT2D eigenvalue weighted by molar-refractivity contribution is 6.30. The minimum absolute atomic E-state index is 0.0670. The van der Waals surface area contributed by atoms with Gasteiger partial charge in [-0.05, 0) is 67.6 Å². The third kappa shape index (κ3) is 3.25. The Morgan fingerprint density at radius 3 is 2.40 bits per heavy atom. The van der Waals surface area contributed by atoms with Crippen molar-refractivity contribution in [2.45, 2.75) is 13.1 Å². The third-order valence-corrected chi connectivity index (χ3v) is 5.52. The first-order valence-electron chi connectivity index (χ1n) is 9.71. The van der Waals surface area contributed by atoms with E-state index < -0.39 is 6.17 Å². The quantitative estimate of drug-likeness (QED) is 0.406. The number of nitrogens with one attached hydrogen (secondary N) is 1. The summed E-state index contributed by atoms with van der Waals surface area (Å²) in [4.78, 5) is 15.2. The molecule has 1 N–H and O–H groups in total. The van der Waals surface area contributed by atoms with Crippen LogP contribution in [0.3, 0.4) is 0 Å². The van der Waals surface area contributed by atoms with Gasteiger partial charge in [-0.25, -0.2) is 0 Å². The van der Waals surface area contributed by atoms with E-state index in [1.54, 1.807) is 4.90 Å². The summed E-state index contributed by atoms with van der Waals surface area (Å²) in [5, 5.41) is 4.14. The number of carbonyl (C=O) groups is 1. The van der Waals surface area contributed by atoms with Gasteiger partial charge < -0.3 is 9.73 Å². The van der Waals surface area contributed by atoms with Gasteiger partial charge in [-0.1, -0.05) is 41.4 Å². The van der Waals surface area contributed by atoms with Crippen molar-refractivity contribution in [1.29, 1.82) is 0 Å². The molecular weight excluding hydrogens is 396 g/mol. The summed E-state index contributed by atoms with van der Waals surface area (Å²) in [6, 6.07) is 26.8. The molecule has 2 heterocycles. The third-order valence-electron chi connectivity index (χ3n) is 5.26. The van der Waals surface area contributed by atoms with Crippen molar-refractivity contribution in [3.05, 3.63) is 107 Å². The molecule has 5 heteroatoms. The number of amides is 1. The van der Waals surface area contributed by atoms with Gasteiger partial charge in [-0.3, -0.25) is 9.69 Å². The molecule has 0 radical (unpaired) electrons. The monoisotopic (exact) mass is 414 g/mol. The molecular formula is C25H19ClN2O2. The first-order valence-corrected chi connectivity index (χ1v) is 10.1. The van der Waals surface area contributed by atoms with Gasteiger partial charge >= 0.3 is 0 Å². The number of fused-ring (bicyclic) bond motifs is 1. The van der Waals surface area contributed by atoms with Crippen LogP contribution in [0.2, 0.25) is 5.02 Å². The zero-order chi connectivity index (χ0) is 20.7. The van der Waals surface area contributed by atoms with Crippen molar-refractivity contribution in [3.63, 3.8) is 0 Å². The van der Waals surface area contributed by atoms with Crippen LogP contribution in [0.25, 0.3) is 11.3 Å². The SMILES string of the molecule is Cc1ccc(N2C(=O)c3ccccc3N[C@H]2c2ccc(-c3ccc(Cl)cc3)o2)cc1. The fourth-order valence-electron chi connectivity index (χ4n) is 3.69. The van der Waals surface area contributed by atoms with Gasteiger partial charge in [0, 0.05) is 22.0 Å². The first kappa shape index (κ1) is 18.5. The van der Waals surface area contributed by atoms with Crippen molar-refractivity contribution in [2.75, 3.05) is 10.2 Å². The fraction of sp³-hybridized carbons (Fsp3) is 0.0800. The highest BCUT2D eigenvalue weighted by Crippen LogP contribution is 2.38. The predicted molar refractivity (Wildman–Crippen MR) is 120 cm³/mol. The van der Waals surface area contributed by atoms with Crippen molar-refractivity contribution < 1.29 is 9.21 Å². The maximum Gasteiger partial charge on any atom is 0.262 e. The Bertz CT molecular complexity index is 1210. The van der Waals surface area contributed by atoms with Crippen LogP contribution in [0.15, 0.2) is 89.3 Å². The fourth-order valence-corrected chi connectivity index (χ4v) is 3.82. The number of hydrogen-bond donors (Lipinski definition) is 1. The number of carbonyl (C=O) groups excluding carboxylic acids is 1. The first-order chi connectivity index (χ1) is 14.6. The van der Waals surface area contributed by atoms with E-state index in [0.717, 1.165) is 28.3 Å². The molecule has 0 fully saturated rings. The number of nitrogens with zero attached hydrogens (tertiary/aromatic N) is 1.